The van der Waals surface area contributed by atoms with Gasteiger partial charge in [-0.05, 0) is 110 Å². The van der Waals surface area contributed by atoms with Gasteiger partial charge in [0, 0.05) is 38.8 Å². The highest BCUT2D eigenvalue weighted by atomic mass is 14.7. The SMILES string of the molecule is Cc1cc(-c2c(N)cc3c([nH]c4ccc(N)cc43)c2-c2cc(C)c(C)c(C)c2)cc(C)c1C. The quantitative estimate of drug-likeness (QED) is 0.250. The number of hydrogen-bond acceptors (Lipinski definition) is 2. The number of nitrogens with one attached hydrogen (secondary N) is 1. The summed E-state index contributed by atoms with van der Waals surface area (Å²) in [5.74, 6) is 0. The zero-order chi connectivity index (χ0) is 23.6. The van der Waals surface area contributed by atoms with E-state index in [1.165, 1.54) is 38.9 Å². The lowest BCUT2D eigenvalue weighted by molar-refractivity contribution is 1.26. The van der Waals surface area contributed by atoms with Crippen molar-refractivity contribution in [1.29, 1.82) is 0 Å². The third-order valence-corrected chi connectivity index (χ3v) is 7.38. The normalized spacial score (nSPS) is 11.6. The zero-order valence-corrected chi connectivity index (χ0v) is 20.3. The number of aryl methyl sites for hydroxylation is 4. The molecule has 0 aliphatic rings. The molecule has 3 heteroatoms. The van der Waals surface area contributed by atoms with Gasteiger partial charge in [0.25, 0.3) is 0 Å². The fraction of sp³-hybridized carbons (Fsp3) is 0.200. The van der Waals surface area contributed by atoms with Crippen molar-refractivity contribution in [2.24, 2.45) is 0 Å². The third kappa shape index (κ3) is 3.27. The van der Waals surface area contributed by atoms with Crippen LogP contribution in [0.15, 0.2) is 48.5 Å². The standard InChI is InChI=1S/C30H31N3/c1-15-9-21(10-16(2)19(15)5)28-26(32)14-25-24-13-23(31)7-8-27(24)33-30(25)29(28)22-11-17(3)20(6)18(4)12-22/h7-14,33H,31-32H2,1-6H3. The highest BCUT2D eigenvalue weighted by Crippen LogP contribution is 2.45. The lowest BCUT2D eigenvalue weighted by atomic mass is 9.86. The summed E-state index contributed by atoms with van der Waals surface area (Å²) >= 11 is 0. The van der Waals surface area contributed by atoms with Gasteiger partial charge in [0.15, 0.2) is 0 Å². The number of fused-ring (bicyclic) bond motifs is 3. The molecule has 166 valence electrons. The highest BCUT2D eigenvalue weighted by Gasteiger charge is 2.20. The second-order valence-corrected chi connectivity index (χ2v) is 9.54. The molecule has 1 heterocycles. The van der Waals surface area contributed by atoms with E-state index in [4.69, 9.17) is 11.5 Å². The molecule has 5 N–H and O–H groups in total. The van der Waals surface area contributed by atoms with Gasteiger partial charge in [-0.1, -0.05) is 24.3 Å². The maximum absolute atomic E-state index is 6.84. The third-order valence-electron chi connectivity index (χ3n) is 7.38. The van der Waals surface area contributed by atoms with E-state index in [1.807, 2.05) is 12.1 Å². The average molecular weight is 434 g/mol. The molecule has 0 amide bonds. The van der Waals surface area contributed by atoms with Crippen LogP contribution in [0, 0.1) is 41.5 Å². The first kappa shape index (κ1) is 21.1. The van der Waals surface area contributed by atoms with E-state index in [1.54, 1.807) is 0 Å². The Morgan fingerprint density at radius 1 is 0.576 bits per heavy atom. The van der Waals surface area contributed by atoms with Crippen molar-refractivity contribution >= 4 is 33.2 Å². The Bertz CT molecular complexity index is 1540. The average Bonchev–Trinajstić information content (AvgIpc) is 3.11. The minimum atomic E-state index is 0.749. The van der Waals surface area contributed by atoms with Crippen LogP contribution >= 0.6 is 0 Å². The second kappa shape index (κ2) is 7.41. The van der Waals surface area contributed by atoms with Crippen molar-refractivity contribution in [3.05, 3.63) is 81.9 Å². The number of aromatic nitrogens is 1. The molecule has 0 radical (unpaired) electrons. The van der Waals surface area contributed by atoms with Gasteiger partial charge >= 0.3 is 0 Å². The van der Waals surface area contributed by atoms with Gasteiger partial charge in [0.1, 0.15) is 0 Å². The summed E-state index contributed by atoms with van der Waals surface area (Å²) in [4.78, 5) is 3.69. The molecule has 5 aromatic rings. The molecule has 3 nitrogen and oxygen atoms in total. The van der Waals surface area contributed by atoms with E-state index in [2.05, 4.69) is 82.9 Å². The monoisotopic (exact) mass is 433 g/mol. The number of nitrogens with two attached hydrogens (primary N) is 2. The Balaban J connectivity index is 1.98. The van der Waals surface area contributed by atoms with Gasteiger partial charge in [-0.15, -0.1) is 0 Å². The summed E-state index contributed by atoms with van der Waals surface area (Å²) in [6.07, 6.45) is 0. The van der Waals surface area contributed by atoms with Gasteiger partial charge in [-0.3, -0.25) is 0 Å². The van der Waals surface area contributed by atoms with Crippen molar-refractivity contribution in [2.45, 2.75) is 41.5 Å². The molecule has 1 aromatic heterocycles. The molecule has 33 heavy (non-hydrogen) atoms. The summed E-state index contributed by atoms with van der Waals surface area (Å²) in [7, 11) is 0. The first-order valence-corrected chi connectivity index (χ1v) is 11.5. The van der Waals surface area contributed by atoms with Crippen LogP contribution in [0.3, 0.4) is 0 Å². The van der Waals surface area contributed by atoms with Crippen LogP contribution < -0.4 is 11.5 Å². The number of aromatic amines is 1. The van der Waals surface area contributed by atoms with Crippen LogP contribution in [0.4, 0.5) is 11.4 Å². The topological polar surface area (TPSA) is 67.8 Å². The number of nitrogen functional groups attached to an aromatic ring is 2. The van der Waals surface area contributed by atoms with Gasteiger partial charge in [0.05, 0.1) is 5.52 Å². The van der Waals surface area contributed by atoms with Crippen molar-refractivity contribution in [3.63, 3.8) is 0 Å². The maximum atomic E-state index is 6.84. The molecule has 4 aromatic carbocycles. The molecule has 0 atom stereocenters. The summed E-state index contributed by atoms with van der Waals surface area (Å²) < 4.78 is 0. The van der Waals surface area contributed by atoms with Crippen LogP contribution in [0.5, 0.6) is 0 Å². The molecule has 0 saturated heterocycles. The van der Waals surface area contributed by atoms with Crippen LogP contribution in [-0.4, -0.2) is 4.98 Å². The summed E-state index contributed by atoms with van der Waals surface area (Å²) in [6, 6.07) is 17.2. The van der Waals surface area contributed by atoms with Gasteiger partial charge < -0.3 is 16.5 Å². The minimum absolute atomic E-state index is 0.749. The molecule has 0 aliphatic heterocycles. The number of anilines is 2. The van der Waals surface area contributed by atoms with E-state index in [0.717, 1.165) is 49.9 Å². The van der Waals surface area contributed by atoms with E-state index >= 15 is 0 Å². The number of benzene rings is 4. The molecule has 0 fully saturated rings. The Hall–Kier alpha value is -3.72. The fourth-order valence-corrected chi connectivity index (χ4v) is 5.03. The van der Waals surface area contributed by atoms with Gasteiger partial charge in [0.2, 0.25) is 0 Å². The number of hydrogen-bond donors (Lipinski definition) is 3. The Morgan fingerprint density at radius 3 is 1.64 bits per heavy atom. The molecular formula is C30H31N3. The molecule has 0 aliphatic carbocycles. The first-order valence-electron chi connectivity index (χ1n) is 11.5. The minimum Gasteiger partial charge on any atom is -0.399 e. The van der Waals surface area contributed by atoms with Crippen molar-refractivity contribution < 1.29 is 0 Å². The predicted octanol–water partition coefficient (Wildman–Crippen LogP) is 7.67. The highest BCUT2D eigenvalue weighted by molar-refractivity contribution is 6.17. The summed E-state index contributed by atoms with van der Waals surface area (Å²) in [6.45, 7) is 13.1. The largest absolute Gasteiger partial charge is 0.399 e. The zero-order valence-electron chi connectivity index (χ0n) is 20.3. The lowest BCUT2D eigenvalue weighted by Crippen LogP contribution is -1.98. The number of rotatable bonds is 2. The summed E-state index contributed by atoms with van der Waals surface area (Å²) in [5, 5.41) is 2.20. The molecular weight excluding hydrogens is 402 g/mol. The fourth-order valence-electron chi connectivity index (χ4n) is 5.03. The van der Waals surface area contributed by atoms with Crippen LogP contribution in [0.2, 0.25) is 0 Å². The summed E-state index contributed by atoms with van der Waals surface area (Å²) in [5.41, 5.74) is 29.0. The van der Waals surface area contributed by atoms with E-state index < -0.39 is 0 Å². The lowest BCUT2D eigenvalue weighted by Gasteiger charge is -2.19. The van der Waals surface area contributed by atoms with Crippen molar-refractivity contribution in [1.82, 2.24) is 4.98 Å². The van der Waals surface area contributed by atoms with Crippen molar-refractivity contribution in [3.8, 4) is 22.3 Å². The van der Waals surface area contributed by atoms with Gasteiger partial charge in [-0.2, -0.15) is 0 Å². The Kier molecular flexibility index (Phi) is 4.75. The van der Waals surface area contributed by atoms with Crippen molar-refractivity contribution in [2.75, 3.05) is 11.5 Å². The maximum Gasteiger partial charge on any atom is 0.0552 e. The first-order chi connectivity index (χ1) is 15.7. The second-order valence-electron chi connectivity index (χ2n) is 9.54. The van der Waals surface area contributed by atoms with E-state index in [-0.39, 0.29) is 0 Å². The predicted molar refractivity (Wildman–Crippen MR) is 144 cm³/mol. The molecule has 0 unspecified atom stereocenters. The molecule has 0 bridgehead atoms. The molecule has 0 saturated carbocycles. The molecule has 0 spiro atoms. The van der Waals surface area contributed by atoms with Crippen LogP contribution in [-0.2, 0) is 0 Å². The van der Waals surface area contributed by atoms with E-state index in [9.17, 15) is 0 Å². The van der Waals surface area contributed by atoms with Crippen LogP contribution in [0.1, 0.15) is 33.4 Å². The Labute approximate surface area is 195 Å². The van der Waals surface area contributed by atoms with Gasteiger partial charge in [-0.25, -0.2) is 0 Å². The smallest absolute Gasteiger partial charge is 0.0552 e. The molecule has 5 rings (SSSR count). The Morgan fingerprint density at radius 2 is 1.09 bits per heavy atom. The van der Waals surface area contributed by atoms with Crippen LogP contribution in [0.25, 0.3) is 44.1 Å². The van der Waals surface area contributed by atoms with E-state index in [0.29, 0.717) is 0 Å². The number of H-pyrrole nitrogens is 1.